The molecule has 1 heterocycles. The summed E-state index contributed by atoms with van der Waals surface area (Å²) in [4.78, 5) is 61.0. The molecule has 1 rings (SSSR count). The molecule has 186 valence electrons. The van der Waals surface area contributed by atoms with Crippen molar-refractivity contribution in [2.24, 2.45) is 0 Å². The second-order valence-electron chi connectivity index (χ2n) is 6.49. The van der Waals surface area contributed by atoms with Gasteiger partial charge in [-0.25, -0.2) is 4.79 Å². The van der Waals surface area contributed by atoms with Crippen molar-refractivity contribution in [2.45, 2.75) is 19.5 Å². The van der Waals surface area contributed by atoms with Crippen molar-refractivity contribution < 1.29 is 33.7 Å². The van der Waals surface area contributed by atoms with Gasteiger partial charge in [0.15, 0.2) is 0 Å². The van der Waals surface area contributed by atoms with Crippen LogP contribution in [0, 0.1) is 6.92 Å². The molecule has 2 amide bonds. The zero-order chi connectivity index (χ0) is 23.2. The van der Waals surface area contributed by atoms with Gasteiger partial charge < -0.3 is 34.3 Å². The topological polar surface area (TPSA) is 169 Å². The third-order valence-electron chi connectivity index (χ3n) is 4.00. The Morgan fingerprint density at radius 1 is 1.25 bits per heavy atom. The summed E-state index contributed by atoms with van der Waals surface area (Å²) in [5, 5.41) is 11.5. The number of hydrogen-bond acceptors (Lipinski definition) is 8. The van der Waals surface area contributed by atoms with Crippen LogP contribution in [0.5, 0.6) is 0 Å². The van der Waals surface area contributed by atoms with Crippen LogP contribution < -0.4 is 16.6 Å². The molecule has 32 heavy (non-hydrogen) atoms. The van der Waals surface area contributed by atoms with Gasteiger partial charge in [-0.15, -0.1) is 0 Å². The molecule has 1 aromatic heterocycles. The fraction of sp³-hybridized carbons (Fsp3) is 0.611. The van der Waals surface area contributed by atoms with Crippen molar-refractivity contribution in [3.63, 3.8) is 0 Å². The Morgan fingerprint density at radius 2 is 1.91 bits per heavy atom. The average Bonchev–Trinajstić information content (AvgIpc) is 2.70. The second-order valence-corrected chi connectivity index (χ2v) is 6.49. The van der Waals surface area contributed by atoms with E-state index in [1.165, 1.54) is 19.5 Å². The fourth-order valence-corrected chi connectivity index (χ4v) is 2.48. The zero-order valence-corrected chi connectivity index (χ0v) is 20.1. The molecular formula is C18H27FmN4O9-. The van der Waals surface area contributed by atoms with Crippen LogP contribution in [-0.4, -0.2) is 97.1 Å². The van der Waals surface area contributed by atoms with E-state index in [0.717, 1.165) is 9.47 Å². The molecule has 0 aliphatic rings. The molecule has 1 unspecified atom stereocenters. The number of carboxylic acids is 1. The van der Waals surface area contributed by atoms with Gasteiger partial charge in [-0.05, 0) is 6.92 Å². The zero-order valence-electron chi connectivity index (χ0n) is 17.7. The van der Waals surface area contributed by atoms with Crippen molar-refractivity contribution in [3.05, 3.63) is 32.6 Å². The Kier molecular flexibility index (Phi) is 13.0. The molecule has 0 radical (unpaired) electrons. The largest absolute Gasteiger partial charge is 0.524 e. The number of aliphatic carboxylic acids is 1. The molecule has 0 saturated heterocycles. The molecule has 1 atom stereocenters. The van der Waals surface area contributed by atoms with Crippen LogP contribution in [0.2, 0.25) is 0 Å². The van der Waals surface area contributed by atoms with E-state index in [1.807, 2.05) is 0 Å². The summed E-state index contributed by atoms with van der Waals surface area (Å²) in [5.41, 5.74) is -1.16. The number of H-pyrrole nitrogens is 1. The third-order valence-corrected chi connectivity index (χ3v) is 4.00. The minimum atomic E-state index is -1.28. The number of carbonyl (C=O) groups is 2. The number of aromatic nitrogens is 2. The number of rotatable bonds is 16. The first-order chi connectivity index (χ1) is 14.8. The van der Waals surface area contributed by atoms with Crippen LogP contribution in [0.3, 0.4) is 0 Å². The first-order valence-corrected chi connectivity index (χ1v) is 9.35. The summed E-state index contributed by atoms with van der Waals surface area (Å²) in [7, 11) is 1.55. The first kappa shape index (κ1) is 28.0. The fourth-order valence-electron chi connectivity index (χ4n) is 2.48. The van der Waals surface area contributed by atoms with Crippen molar-refractivity contribution in [1.82, 2.24) is 19.8 Å². The number of ether oxygens (including phenoxy) is 3. The number of hydrogen-bond donors (Lipinski definition) is 3. The number of methoxy groups -OCH3 is 1. The predicted octanol–water partition coefficient (Wildman–Crippen LogP) is -2.54. The number of nitrogens with zero attached hydrogens (tertiary/aromatic N) is 2. The molecule has 0 fully saturated rings. The van der Waals surface area contributed by atoms with Crippen molar-refractivity contribution >= 4 is 18.3 Å². The molecule has 0 saturated carbocycles. The number of carbonyl (C=O) groups excluding carboxylic acids is 2. The van der Waals surface area contributed by atoms with Crippen LogP contribution in [0.1, 0.15) is 5.56 Å². The minimum Gasteiger partial charge on any atom is -0.524 e. The summed E-state index contributed by atoms with van der Waals surface area (Å²) in [6, 6.07) is -0.742. The number of amides is 2. The number of aryl methyl sites for hydroxylation is 1. The summed E-state index contributed by atoms with van der Waals surface area (Å²) in [6.07, 6.45) is 2.71. The van der Waals surface area contributed by atoms with Gasteiger partial charge >= 0.3 is 11.7 Å². The van der Waals surface area contributed by atoms with Crippen molar-refractivity contribution in [3.8, 4) is 0 Å². The summed E-state index contributed by atoms with van der Waals surface area (Å²) >= 11 is 0. The molecule has 0 spiro atoms. The summed E-state index contributed by atoms with van der Waals surface area (Å²) in [5.74, 6) is -1.98. The van der Waals surface area contributed by atoms with Crippen molar-refractivity contribution in [2.75, 3.05) is 53.2 Å². The van der Waals surface area contributed by atoms with Gasteiger partial charge in [0, 0.05) is 31.5 Å². The number of carboxylic acid groups (broad SMARTS) is 1. The van der Waals surface area contributed by atoms with E-state index < -0.39 is 42.3 Å². The molecule has 3 N–H and O–H groups in total. The van der Waals surface area contributed by atoms with Gasteiger partial charge in [0.05, 0.1) is 33.0 Å². The standard InChI is InChI=1S/C18H27N4O9.Fm/c1-13-7-22(18(28)20-17(13)27)9-15(24)21(10-16(25)26)8-14(19-12-23)11-31-6-5-30-4-3-29-2;/h7,14H,3-6,8-11H2,1-2H3,(H,19,23)(H,25,26)(H,20,27,28);/q-1;. The van der Waals surface area contributed by atoms with E-state index in [0.29, 0.717) is 13.2 Å². The van der Waals surface area contributed by atoms with Gasteiger partial charge in [-0.1, -0.05) is 0 Å². The van der Waals surface area contributed by atoms with Crippen LogP contribution in [0.25, 0.3) is 0 Å². The van der Waals surface area contributed by atoms with Gasteiger partial charge in [0.1, 0.15) is 13.1 Å². The molecule has 0 bridgehead atoms. The Morgan fingerprint density at radius 3 is 2.53 bits per heavy atom. The van der Waals surface area contributed by atoms with Gasteiger partial charge in [0.25, 0.3) is 5.56 Å². The van der Waals surface area contributed by atoms with E-state index >= 15 is 0 Å². The maximum absolute atomic E-state index is 12.6. The Bertz CT molecular complexity index is 842. The summed E-state index contributed by atoms with van der Waals surface area (Å²) in [6.45, 7) is 1.42. The molecular weight excluding hydrogens is 673 g/mol. The maximum Gasteiger partial charge on any atom is 0.328 e. The first-order valence-electron chi connectivity index (χ1n) is 9.35. The SMILES string of the molecule is COCCOCCOCC(CN(CC(=O)O)C(=O)Cn1cc(C)c(=O)[nH]c1=O)N[C-]=O.[Fm]. The van der Waals surface area contributed by atoms with E-state index in [2.05, 4.69) is 10.3 Å². The average molecular weight is 700 g/mol. The molecule has 0 aliphatic carbocycles. The van der Waals surface area contributed by atoms with E-state index in [1.54, 1.807) is 7.11 Å². The Hall–Kier alpha value is -4.03. The second kappa shape index (κ2) is 14.9. The Balaban J connectivity index is 0.00000961. The molecule has 0 aliphatic heterocycles. The predicted molar refractivity (Wildman–Crippen MR) is 106 cm³/mol. The maximum atomic E-state index is 12.6. The van der Waals surface area contributed by atoms with E-state index in [-0.39, 0.29) is 31.9 Å². The minimum absolute atomic E-state index is 0. The molecule has 1 aromatic rings. The van der Waals surface area contributed by atoms with E-state index in [9.17, 15) is 24.0 Å². The third kappa shape index (κ3) is 10.1. The van der Waals surface area contributed by atoms with Gasteiger partial charge in [0.2, 0.25) is 5.91 Å². The van der Waals surface area contributed by atoms with Gasteiger partial charge in [-0.3, -0.25) is 23.9 Å². The van der Waals surface area contributed by atoms with Crippen LogP contribution in [0.4, 0.5) is 0 Å². The molecule has 14 heteroatoms. The smallest absolute Gasteiger partial charge is 0.328 e. The van der Waals surface area contributed by atoms with Crippen LogP contribution >= 0.6 is 0 Å². The van der Waals surface area contributed by atoms with E-state index in [4.69, 9.17) is 19.3 Å². The number of nitrogens with one attached hydrogen (secondary N) is 2. The van der Waals surface area contributed by atoms with Gasteiger partial charge in [-0.2, -0.15) is 6.41 Å². The molecule has 13 nitrogen and oxygen atoms in total. The number of aromatic amines is 1. The van der Waals surface area contributed by atoms with Crippen LogP contribution in [-0.2, 0) is 35.1 Å². The van der Waals surface area contributed by atoms with Crippen molar-refractivity contribution in [1.29, 1.82) is 0 Å². The summed E-state index contributed by atoms with van der Waals surface area (Å²) < 4.78 is 16.4. The monoisotopic (exact) mass is 700 g/mol. The molecule has 0 aromatic carbocycles. The normalized spacial score (nSPS) is 11.3. The Labute approximate surface area is 177 Å². The van der Waals surface area contributed by atoms with Crippen LogP contribution in [0.15, 0.2) is 15.8 Å². The quantitative estimate of drug-likeness (QED) is 0.0957.